The molecule has 1 fully saturated rings. The lowest BCUT2D eigenvalue weighted by molar-refractivity contribution is -0.0408. The molecule has 0 spiro atoms. The van der Waals surface area contributed by atoms with Gasteiger partial charge in [-0.15, -0.1) is 20.4 Å². The van der Waals surface area contributed by atoms with Gasteiger partial charge in [-0.2, -0.15) is 8.78 Å². The summed E-state index contributed by atoms with van der Waals surface area (Å²) in [7, 11) is 0. The van der Waals surface area contributed by atoms with Crippen LogP contribution in [0.4, 0.5) is 8.78 Å². The summed E-state index contributed by atoms with van der Waals surface area (Å²) >= 11 is 0. The van der Waals surface area contributed by atoms with Crippen molar-refractivity contribution in [3.63, 3.8) is 0 Å². The highest BCUT2D eigenvalue weighted by molar-refractivity contribution is 5.23. The zero-order valence-electron chi connectivity index (χ0n) is 61.2. The van der Waals surface area contributed by atoms with Gasteiger partial charge < -0.3 is 0 Å². The second-order valence-corrected chi connectivity index (χ2v) is 33.7. The summed E-state index contributed by atoms with van der Waals surface area (Å²) < 4.78 is 38.1. The number of nitrogens with zero attached hydrogens (tertiary/aromatic N) is 12. The first-order chi connectivity index (χ1) is 41.0. The molecule has 12 nitrogen and oxygen atoms in total. The minimum Gasteiger partial charge on any atom is -0.244 e. The first kappa shape index (κ1) is 73.5. The summed E-state index contributed by atoms with van der Waals surface area (Å²) in [5, 5.41) is 35.5. The Morgan fingerprint density at radius 3 is 1.34 bits per heavy atom. The molecule has 14 heteroatoms. The molecule has 88 heavy (non-hydrogen) atoms. The molecule has 1 saturated carbocycles. The van der Waals surface area contributed by atoms with E-state index in [2.05, 4.69) is 201 Å². The molecule has 0 radical (unpaired) electrons. The Bertz CT molecular complexity index is 2800. The predicted octanol–water partition coefficient (Wildman–Crippen LogP) is 20.1. The smallest absolute Gasteiger partial charge is 0.244 e. The number of fused-ring (bicyclic) bond motifs is 5. The van der Waals surface area contributed by atoms with Crippen LogP contribution in [0.1, 0.15) is 352 Å². The summed E-state index contributed by atoms with van der Waals surface area (Å²) in [6.45, 7) is 54.4. The molecule has 0 amide bonds. The second-order valence-electron chi connectivity index (χ2n) is 33.7. The molecule has 0 saturated heterocycles. The van der Waals surface area contributed by atoms with Crippen LogP contribution in [0.5, 0.6) is 0 Å². The average Bonchev–Trinajstić information content (AvgIpc) is 1.80. The number of hydrogen-bond acceptors (Lipinski definition) is 8. The molecule has 4 aromatic rings. The minimum atomic E-state index is -2.85. The van der Waals surface area contributed by atoms with Gasteiger partial charge in [-0.3, -0.25) is 0 Å². The number of rotatable bonds is 17. The molecule has 5 aliphatic rings. The maximum atomic E-state index is 15.0. The van der Waals surface area contributed by atoms with Gasteiger partial charge in [0.05, 0.1) is 62.0 Å². The van der Waals surface area contributed by atoms with Crippen molar-refractivity contribution in [2.45, 2.75) is 374 Å². The molecule has 0 bridgehead atoms. The molecule has 0 aromatic carbocycles. The van der Waals surface area contributed by atoms with Gasteiger partial charge in [-0.05, 0) is 235 Å². The minimum absolute atomic E-state index is 0.0529. The Hall–Kier alpha value is -3.58. The lowest BCUT2D eigenvalue weighted by Gasteiger charge is -2.37. The molecule has 502 valence electrons. The number of alkyl halides is 2. The molecule has 0 N–H and O–H groups in total. The third kappa shape index (κ3) is 17.0. The van der Waals surface area contributed by atoms with Crippen LogP contribution in [0.3, 0.4) is 0 Å². The topological polar surface area (TPSA) is 123 Å². The highest BCUT2D eigenvalue weighted by Gasteiger charge is 2.51. The van der Waals surface area contributed by atoms with Crippen LogP contribution in [0.15, 0.2) is 0 Å². The van der Waals surface area contributed by atoms with Crippen LogP contribution in [-0.2, 0) is 66.6 Å². The zero-order chi connectivity index (χ0) is 65.6. The predicted molar refractivity (Wildman–Crippen MR) is 361 cm³/mol. The van der Waals surface area contributed by atoms with Crippen molar-refractivity contribution in [3.05, 3.63) is 45.6 Å². The fourth-order valence-electron chi connectivity index (χ4n) is 14.8. The molecule has 6 atom stereocenters. The molecule has 9 rings (SSSR count). The van der Waals surface area contributed by atoms with Crippen molar-refractivity contribution < 1.29 is 8.78 Å². The van der Waals surface area contributed by atoms with Gasteiger partial charge in [-0.25, -0.2) is 18.7 Å². The van der Waals surface area contributed by atoms with Crippen molar-refractivity contribution in [1.82, 2.24) is 60.0 Å². The Labute approximate surface area is 536 Å². The summed E-state index contributed by atoms with van der Waals surface area (Å²) in [5.41, 5.74) is 9.78. The van der Waals surface area contributed by atoms with E-state index < -0.39 is 11.5 Å². The van der Waals surface area contributed by atoms with E-state index in [9.17, 15) is 8.78 Å². The molecular formula is C74H132F2N12. The van der Waals surface area contributed by atoms with Crippen molar-refractivity contribution in [1.29, 1.82) is 0 Å². The van der Waals surface area contributed by atoms with E-state index in [-0.39, 0.29) is 34.1 Å². The van der Waals surface area contributed by atoms with E-state index in [0.29, 0.717) is 46.6 Å². The lowest BCUT2D eigenvalue weighted by Crippen LogP contribution is -2.35. The number of aromatic nitrogens is 12. The van der Waals surface area contributed by atoms with E-state index in [1.54, 1.807) is 0 Å². The number of halogens is 2. The fraction of sp³-hybridized carbons (Fsp3) is 0.892. The SMILES string of the molecule is CCC(C)(C)C1CCCCCc2nnn(C(C)(C)CC)c21.CCC(C)(C)C1CCCc2c(nnn2C(C)(C)CC)CC1.CCC(C)(C)C1CCc2nnn(C(C)(C)CC)c2C(F)(F)CC1.CCC(C)(C)C[C@@H]1[C@@H]2CCc3nnn(C(C)(C)CC)c3CC[C@@H]21. The Morgan fingerprint density at radius 1 is 0.386 bits per heavy atom. The number of hydrogen-bond donors (Lipinski definition) is 0. The van der Waals surface area contributed by atoms with E-state index >= 15 is 0 Å². The first-order valence-electron chi connectivity index (χ1n) is 36.1. The van der Waals surface area contributed by atoms with E-state index in [1.165, 1.54) is 129 Å². The Morgan fingerprint density at radius 2 is 0.818 bits per heavy atom. The van der Waals surface area contributed by atoms with E-state index in [1.807, 2.05) is 20.8 Å². The molecular weight excluding hydrogens is 1090 g/mol. The monoisotopic (exact) mass is 1230 g/mol. The molecule has 3 unspecified atom stereocenters. The highest BCUT2D eigenvalue weighted by Crippen LogP contribution is 2.58. The van der Waals surface area contributed by atoms with Crippen molar-refractivity contribution in [3.8, 4) is 0 Å². The largest absolute Gasteiger partial charge is 0.291 e. The Kier molecular flexibility index (Phi) is 24.3. The summed E-state index contributed by atoms with van der Waals surface area (Å²) in [4.78, 5) is 0. The number of aryl methyl sites for hydroxylation is 4. The van der Waals surface area contributed by atoms with Gasteiger partial charge in [0, 0.05) is 12.3 Å². The van der Waals surface area contributed by atoms with Crippen molar-refractivity contribution in [2.24, 2.45) is 51.2 Å². The van der Waals surface area contributed by atoms with Crippen molar-refractivity contribution >= 4 is 0 Å². The third-order valence-electron chi connectivity index (χ3n) is 24.8. The van der Waals surface area contributed by atoms with Gasteiger partial charge in [0.1, 0.15) is 5.69 Å². The molecule has 4 heterocycles. The zero-order valence-corrected chi connectivity index (χ0v) is 61.2. The van der Waals surface area contributed by atoms with Gasteiger partial charge in [-0.1, -0.05) is 170 Å². The maximum Gasteiger partial charge on any atom is 0.291 e. The van der Waals surface area contributed by atoms with Gasteiger partial charge in [0.2, 0.25) is 0 Å². The third-order valence-corrected chi connectivity index (χ3v) is 24.8. The summed E-state index contributed by atoms with van der Waals surface area (Å²) in [6, 6.07) is 0. The average molecular weight is 1230 g/mol. The Balaban J connectivity index is 0.000000187. The second kappa shape index (κ2) is 29.2. The fourth-order valence-corrected chi connectivity index (χ4v) is 14.8. The van der Waals surface area contributed by atoms with Crippen molar-refractivity contribution in [2.75, 3.05) is 0 Å². The normalized spacial score (nSPS) is 23.0. The maximum absolute atomic E-state index is 15.0. The standard InChI is InChI=1S/C20H35N3.C18H31F2N3.2C18H33N3/c1-7-19(3,4)13-16-14-9-11-17-18(12-10-15(14)16)23(22-21-17)20(5,6)8-2;1-7-16(3,4)13-9-10-14-15(18(19,20)12-11-13)23(22-21-14)17(5,6)8-2;1-7-17(3,4)14-10-9-11-16-15(13-12-14)19-20-21(16)18(5,6)8-2;1-7-17(3,4)14-12-10-9-11-13-15-16(14)21(20-19-15)18(5,6)8-2/h14-16H,7-13H2,1-6H3;13H,7-12H2,1-6H3;2*14H,7-13H2,1-6H3/t14-,15+,16-;;;/m1.../s1. The highest BCUT2D eigenvalue weighted by atomic mass is 19.3. The molecule has 4 aromatic heterocycles. The molecule has 5 aliphatic carbocycles. The van der Waals surface area contributed by atoms with Crippen LogP contribution in [0.25, 0.3) is 0 Å². The van der Waals surface area contributed by atoms with Crippen LogP contribution in [-0.4, -0.2) is 60.0 Å². The first-order valence-corrected chi connectivity index (χ1v) is 36.1. The van der Waals surface area contributed by atoms with E-state index in [0.717, 1.165) is 87.9 Å². The van der Waals surface area contributed by atoms with Gasteiger partial charge >= 0.3 is 0 Å². The van der Waals surface area contributed by atoms with E-state index in [4.69, 9.17) is 0 Å². The van der Waals surface area contributed by atoms with Crippen LogP contribution in [0, 0.1) is 51.2 Å². The molecule has 0 aliphatic heterocycles. The van der Waals surface area contributed by atoms with Crippen LogP contribution in [0.2, 0.25) is 0 Å². The van der Waals surface area contributed by atoms with Gasteiger partial charge in [0.15, 0.2) is 0 Å². The quantitative estimate of drug-likeness (QED) is 0.102. The lowest BCUT2D eigenvalue weighted by atomic mass is 9.71. The van der Waals surface area contributed by atoms with Crippen LogP contribution >= 0.6 is 0 Å². The summed E-state index contributed by atoms with van der Waals surface area (Å²) in [6.07, 6.45) is 29.6. The van der Waals surface area contributed by atoms with Gasteiger partial charge in [0.25, 0.3) is 5.92 Å². The van der Waals surface area contributed by atoms with Crippen LogP contribution < -0.4 is 0 Å². The summed E-state index contributed by atoms with van der Waals surface area (Å²) in [5.74, 6) is 1.73.